The van der Waals surface area contributed by atoms with Crippen molar-refractivity contribution in [2.24, 2.45) is 4.99 Å². The second-order valence-corrected chi connectivity index (χ2v) is 6.96. The number of nitrogens with one attached hydrogen (secondary N) is 2. The van der Waals surface area contributed by atoms with E-state index >= 15 is 0 Å². The quantitative estimate of drug-likeness (QED) is 0.488. The van der Waals surface area contributed by atoms with Crippen LogP contribution in [0, 0.1) is 13.8 Å². The fraction of sp³-hybridized carbons (Fsp3) is 0.304. The summed E-state index contributed by atoms with van der Waals surface area (Å²) < 4.78 is 2.15. The summed E-state index contributed by atoms with van der Waals surface area (Å²) in [5, 5.41) is 6.76. The molecule has 0 atom stereocenters. The van der Waals surface area contributed by atoms with Crippen LogP contribution in [0.2, 0.25) is 0 Å². The van der Waals surface area contributed by atoms with Crippen LogP contribution in [-0.4, -0.2) is 22.1 Å². The summed E-state index contributed by atoms with van der Waals surface area (Å²) in [6, 6.07) is 17.1. The molecule has 28 heavy (non-hydrogen) atoms. The van der Waals surface area contributed by atoms with Crippen LogP contribution in [-0.2, 0) is 19.6 Å². The van der Waals surface area contributed by atoms with Crippen molar-refractivity contribution in [3.63, 3.8) is 0 Å². The number of imidazole rings is 1. The number of hydrogen-bond acceptors (Lipinski definition) is 2. The van der Waals surface area contributed by atoms with Crippen molar-refractivity contribution in [1.82, 2.24) is 20.2 Å². The summed E-state index contributed by atoms with van der Waals surface area (Å²) in [6.07, 6.45) is 3.86. The van der Waals surface area contributed by atoms with Crippen molar-refractivity contribution >= 4 is 5.96 Å². The molecular weight excluding hydrogens is 346 g/mol. The standard InChI is InChI=1S/C23H29N5/c1-4-24-23(26-15-20-8-5-7-18(2)13-20)27-16-21-9-6-10-22(14-21)17-28-12-11-25-19(28)3/h5-14H,4,15-17H2,1-3H3,(H2,24,26,27). The van der Waals surface area contributed by atoms with Gasteiger partial charge in [-0.25, -0.2) is 9.98 Å². The van der Waals surface area contributed by atoms with E-state index in [0.29, 0.717) is 6.54 Å². The van der Waals surface area contributed by atoms with Crippen molar-refractivity contribution in [2.75, 3.05) is 6.54 Å². The first kappa shape index (κ1) is 19.7. The smallest absolute Gasteiger partial charge is 0.191 e. The lowest BCUT2D eigenvalue weighted by atomic mass is 10.1. The van der Waals surface area contributed by atoms with E-state index in [1.807, 2.05) is 19.3 Å². The molecule has 1 heterocycles. The molecule has 0 saturated carbocycles. The maximum atomic E-state index is 4.72. The molecule has 2 aromatic carbocycles. The van der Waals surface area contributed by atoms with Crippen LogP contribution in [0.25, 0.3) is 0 Å². The highest BCUT2D eigenvalue weighted by Gasteiger charge is 2.02. The summed E-state index contributed by atoms with van der Waals surface area (Å²) in [5.74, 6) is 1.86. The number of aryl methyl sites for hydroxylation is 2. The zero-order valence-electron chi connectivity index (χ0n) is 16.9. The monoisotopic (exact) mass is 375 g/mol. The van der Waals surface area contributed by atoms with Crippen molar-refractivity contribution in [1.29, 1.82) is 0 Å². The molecule has 5 nitrogen and oxygen atoms in total. The molecule has 0 fully saturated rings. The Labute approximate surface area is 167 Å². The minimum atomic E-state index is 0.664. The molecule has 0 amide bonds. The number of benzene rings is 2. The third-order valence-corrected chi connectivity index (χ3v) is 4.57. The van der Waals surface area contributed by atoms with E-state index in [0.717, 1.165) is 31.4 Å². The highest BCUT2D eigenvalue weighted by atomic mass is 15.2. The van der Waals surface area contributed by atoms with Gasteiger partial charge in [0.2, 0.25) is 0 Å². The van der Waals surface area contributed by atoms with E-state index in [2.05, 4.69) is 82.6 Å². The largest absolute Gasteiger partial charge is 0.357 e. The Morgan fingerprint density at radius 1 is 1.00 bits per heavy atom. The van der Waals surface area contributed by atoms with Gasteiger partial charge in [0.25, 0.3) is 0 Å². The number of aromatic nitrogens is 2. The first-order valence-corrected chi connectivity index (χ1v) is 9.77. The first-order valence-electron chi connectivity index (χ1n) is 9.77. The van der Waals surface area contributed by atoms with Gasteiger partial charge in [-0.2, -0.15) is 0 Å². The van der Waals surface area contributed by atoms with Crippen molar-refractivity contribution in [3.05, 3.63) is 89.0 Å². The number of guanidine groups is 1. The van der Waals surface area contributed by atoms with Gasteiger partial charge in [0.15, 0.2) is 5.96 Å². The molecule has 0 bridgehead atoms. The molecule has 5 heteroatoms. The van der Waals surface area contributed by atoms with E-state index in [-0.39, 0.29) is 0 Å². The molecule has 146 valence electrons. The lowest BCUT2D eigenvalue weighted by Crippen LogP contribution is -2.36. The number of hydrogen-bond donors (Lipinski definition) is 2. The molecule has 0 saturated heterocycles. The van der Waals surface area contributed by atoms with E-state index in [9.17, 15) is 0 Å². The van der Waals surface area contributed by atoms with Crippen LogP contribution < -0.4 is 10.6 Å². The SMILES string of the molecule is CCNC(=NCc1cccc(C)c1)NCc1cccc(Cn2ccnc2C)c1. The summed E-state index contributed by atoms with van der Waals surface area (Å²) in [5.41, 5.74) is 4.98. The van der Waals surface area contributed by atoms with Gasteiger partial charge < -0.3 is 15.2 Å². The highest BCUT2D eigenvalue weighted by molar-refractivity contribution is 5.79. The Bertz CT molecular complexity index is 926. The molecule has 0 radical (unpaired) electrons. The van der Waals surface area contributed by atoms with Gasteiger partial charge in [-0.3, -0.25) is 0 Å². The van der Waals surface area contributed by atoms with Crippen LogP contribution in [0.1, 0.15) is 35.0 Å². The summed E-state index contributed by atoms with van der Waals surface area (Å²) in [7, 11) is 0. The average Bonchev–Trinajstić information content (AvgIpc) is 3.09. The van der Waals surface area contributed by atoms with E-state index in [1.54, 1.807) is 0 Å². The van der Waals surface area contributed by atoms with Gasteiger partial charge >= 0.3 is 0 Å². The Morgan fingerprint density at radius 3 is 2.54 bits per heavy atom. The van der Waals surface area contributed by atoms with Crippen LogP contribution >= 0.6 is 0 Å². The molecule has 0 aliphatic heterocycles. The second-order valence-electron chi connectivity index (χ2n) is 6.96. The lowest BCUT2D eigenvalue weighted by Gasteiger charge is -2.13. The topological polar surface area (TPSA) is 54.2 Å². The van der Waals surface area contributed by atoms with Gasteiger partial charge in [-0.05, 0) is 37.5 Å². The normalized spacial score (nSPS) is 11.5. The summed E-state index contributed by atoms with van der Waals surface area (Å²) in [6.45, 7) is 9.28. The fourth-order valence-electron chi connectivity index (χ4n) is 3.11. The maximum absolute atomic E-state index is 4.72. The van der Waals surface area contributed by atoms with Crippen molar-refractivity contribution in [3.8, 4) is 0 Å². The zero-order chi connectivity index (χ0) is 19.8. The Hall–Kier alpha value is -3.08. The molecule has 0 aliphatic rings. The lowest BCUT2D eigenvalue weighted by molar-refractivity contribution is 0.758. The molecule has 0 spiro atoms. The number of rotatable bonds is 7. The number of aliphatic imine (C=N–C) groups is 1. The summed E-state index contributed by atoms with van der Waals surface area (Å²) in [4.78, 5) is 9.01. The fourth-order valence-corrected chi connectivity index (χ4v) is 3.11. The average molecular weight is 376 g/mol. The van der Waals surface area contributed by atoms with Gasteiger partial charge in [-0.1, -0.05) is 54.1 Å². The Kier molecular flexibility index (Phi) is 6.84. The maximum Gasteiger partial charge on any atom is 0.191 e. The zero-order valence-corrected chi connectivity index (χ0v) is 16.9. The number of nitrogens with zero attached hydrogens (tertiary/aromatic N) is 3. The minimum absolute atomic E-state index is 0.664. The highest BCUT2D eigenvalue weighted by Crippen LogP contribution is 2.09. The van der Waals surface area contributed by atoms with Gasteiger partial charge in [-0.15, -0.1) is 0 Å². The molecule has 0 unspecified atom stereocenters. The molecule has 3 aromatic rings. The molecule has 1 aromatic heterocycles. The predicted molar refractivity (Wildman–Crippen MR) is 115 cm³/mol. The first-order chi connectivity index (χ1) is 13.6. The third kappa shape index (κ3) is 5.71. The van der Waals surface area contributed by atoms with Gasteiger partial charge in [0.05, 0.1) is 6.54 Å². The van der Waals surface area contributed by atoms with Crippen molar-refractivity contribution < 1.29 is 0 Å². The van der Waals surface area contributed by atoms with Gasteiger partial charge in [0.1, 0.15) is 5.82 Å². The third-order valence-electron chi connectivity index (χ3n) is 4.57. The Morgan fingerprint density at radius 2 is 1.79 bits per heavy atom. The molecule has 0 aliphatic carbocycles. The van der Waals surface area contributed by atoms with Crippen LogP contribution in [0.4, 0.5) is 0 Å². The van der Waals surface area contributed by atoms with E-state index < -0.39 is 0 Å². The predicted octanol–water partition coefficient (Wildman–Crippen LogP) is 3.80. The molecule has 3 rings (SSSR count). The van der Waals surface area contributed by atoms with Crippen LogP contribution in [0.3, 0.4) is 0 Å². The van der Waals surface area contributed by atoms with Crippen LogP contribution in [0.5, 0.6) is 0 Å². The summed E-state index contributed by atoms with van der Waals surface area (Å²) >= 11 is 0. The molecule has 2 N–H and O–H groups in total. The van der Waals surface area contributed by atoms with E-state index in [1.165, 1.54) is 22.3 Å². The van der Waals surface area contributed by atoms with Crippen molar-refractivity contribution in [2.45, 2.75) is 40.4 Å². The van der Waals surface area contributed by atoms with Gasteiger partial charge in [0, 0.05) is 32.0 Å². The van der Waals surface area contributed by atoms with Crippen LogP contribution in [0.15, 0.2) is 65.9 Å². The Balaban J connectivity index is 1.62. The minimum Gasteiger partial charge on any atom is -0.357 e. The molecular formula is C23H29N5. The van der Waals surface area contributed by atoms with E-state index in [4.69, 9.17) is 4.99 Å². The second kappa shape index (κ2) is 9.74.